The Morgan fingerprint density at radius 1 is 1.27 bits per heavy atom. The van der Waals surface area contributed by atoms with E-state index in [0.717, 1.165) is 17.1 Å². The van der Waals surface area contributed by atoms with Crippen LogP contribution in [0, 0.1) is 0 Å². The maximum absolute atomic E-state index is 5.56. The normalized spacial score (nSPS) is 9.93. The fourth-order valence-corrected chi connectivity index (χ4v) is 1.29. The molecule has 0 spiro atoms. The van der Waals surface area contributed by atoms with Crippen molar-refractivity contribution < 1.29 is 0 Å². The van der Waals surface area contributed by atoms with Crippen molar-refractivity contribution in [1.29, 1.82) is 0 Å². The van der Waals surface area contributed by atoms with Gasteiger partial charge in [0.2, 0.25) is 0 Å². The number of nitrogens with two attached hydrogens (primary N) is 1. The molecule has 4 heteroatoms. The first kappa shape index (κ1) is 9.61. The molecule has 0 saturated heterocycles. The summed E-state index contributed by atoms with van der Waals surface area (Å²) in [5, 5.41) is 3.15. The maximum atomic E-state index is 5.56. The molecule has 0 bridgehead atoms. The summed E-state index contributed by atoms with van der Waals surface area (Å²) in [4.78, 5) is 8.10. The van der Waals surface area contributed by atoms with Gasteiger partial charge in [-0.3, -0.25) is 4.98 Å². The van der Waals surface area contributed by atoms with E-state index in [0.29, 0.717) is 6.54 Å². The molecule has 4 nitrogen and oxygen atoms in total. The number of anilines is 2. The van der Waals surface area contributed by atoms with Crippen LogP contribution in [0.2, 0.25) is 0 Å². The van der Waals surface area contributed by atoms with Crippen molar-refractivity contribution in [2.45, 2.75) is 6.54 Å². The summed E-state index contributed by atoms with van der Waals surface area (Å²) in [5.74, 6) is 0.728. The quantitative estimate of drug-likeness (QED) is 0.791. The van der Waals surface area contributed by atoms with Crippen LogP contribution in [0.1, 0.15) is 5.56 Å². The summed E-state index contributed by atoms with van der Waals surface area (Å²) >= 11 is 0. The Bertz CT molecular complexity index is 428. The number of hydrogen-bond acceptors (Lipinski definition) is 4. The molecular formula is C11H12N4. The number of nitrogens with one attached hydrogen (secondary N) is 1. The van der Waals surface area contributed by atoms with E-state index in [1.54, 1.807) is 18.6 Å². The minimum absolute atomic E-state index is 0.538. The highest BCUT2D eigenvalue weighted by molar-refractivity contribution is 5.55. The predicted octanol–water partition coefficient (Wildman–Crippen LogP) is 1.68. The van der Waals surface area contributed by atoms with Crippen molar-refractivity contribution >= 4 is 11.5 Å². The van der Waals surface area contributed by atoms with Gasteiger partial charge in [-0.25, -0.2) is 4.98 Å². The Hall–Kier alpha value is -1.94. The van der Waals surface area contributed by atoms with Crippen molar-refractivity contribution in [2.24, 2.45) is 5.73 Å². The number of nitrogens with zero attached hydrogens (tertiary/aromatic N) is 2. The molecule has 0 aliphatic rings. The van der Waals surface area contributed by atoms with E-state index in [9.17, 15) is 0 Å². The van der Waals surface area contributed by atoms with Gasteiger partial charge in [0.15, 0.2) is 0 Å². The molecule has 76 valence electrons. The molecule has 3 N–H and O–H groups in total. The summed E-state index contributed by atoms with van der Waals surface area (Å²) in [5.41, 5.74) is 7.61. The summed E-state index contributed by atoms with van der Waals surface area (Å²) in [6.07, 6.45) is 4.96. The molecule has 0 aliphatic carbocycles. The molecule has 1 aromatic carbocycles. The second-order valence-electron chi connectivity index (χ2n) is 3.12. The van der Waals surface area contributed by atoms with E-state index in [-0.39, 0.29) is 0 Å². The van der Waals surface area contributed by atoms with E-state index < -0.39 is 0 Å². The van der Waals surface area contributed by atoms with Gasteiger partial charge in [0.05, 0.1) is 6.20 Å². The molecule has 0 unspecified atom stereocenters. The molecule has 0 aliphatic heterocycles. The van der Waals surface area contributed by atoms with Crippen molar-refractivity contribution in [3.8, 4) is 0 Å². The highest BCUT2D eigenvalue weighted by atomic mass is 15.0. The Kier molecular flexibility index (Phi) is 2.90. The highest BCUT2D eigenvalue weighted by Crippen LogP contribution is 2.14. The Labute approximate surface area is 88.2 Å². The van der Waals surface area contributed by atoms with E-state index >= 15 is 0 Å². The van der Waals surface area contributed by atoms with Crippen LogP contribution in [0.15, 0.2) is 42.9 Å². The smallest absolute Gasteiger partial charge is 0.148 e. The number of aromatic nitrogens is 2. The third-order valence-electron chi connectivity index (χ3n) is 2.00. The van der Waals surface area contributed by atoms with Crippen molar-refractivity contribution in [2.75, 3.05) is 5.32 Å². The summed E-state index contributed by atoms with van der Waals surface area (Å²) in [6, 6.07) is 7.91. The fraction of sp³-hybridized carbons (Fsp3) is 0.0909. The number of benzene rings is 1. The third kappa shape index (κ3) is 2.51. The highest BCUT2D eigenvalue weighted by Gasteiger charge is 1.96. The van der Waals surface area contributed by atoms with Crippen molar-refractivity contribution in [3.63, 3.8) is 0 Å². The van der Waals surface area contributed by atoms with Crippen LogP contribution < -0.4 is 11.1 Å². The Morgan fingerprint density at radius 3 is 2.93 bits per heavy atom. The average Bonchev–Trinajstić information content (AvgIpc) is 2.31. The van der Waals surface area contributed by atoms with Crippen LogP contribution in [0.25, 0.3) is 0 Å². The molecular weight excluding hydrogens is 188 g/mol. The van der Waals surface area contributed by atoms with E-state index in [2.05, 4.69) is 15.3 Å². The van der Waals surface area contributed by atoms with E-state index in [4.69, 9.17) is 5.73 Å². The first-order chi connectivity index (χ1) is 7.38. The molecule has 0 saturated carbocycles. The first-order valence-electron chi connectivity index (χ1n) is 4.70. The minimum Gasteiger partial charge on any atom is -0.339 e. The van der Waals surface area contributed by atoms with Crippen LogP contribution in [0.3, 0.4) is 0 Å². The Morgan fingerprint density at radius 2 is 2.20 bits per heavy atom. The second-order valence-corrected chi connectivity index (χ2v) is 3.12. The van der Waals surface area contributed by atoms with Crippen LogP contribution in [-0.4, -0.2) is 9.97 Å². The fourth-order valence-electron chi connectivity index (χ4n) is 1.29. The van der Waals surface area contributed by atoms with Crippen LogP contribution in [0.5, 0.6) is 0 Å². The lowest BCUT2D eigenvalue weighted by Gasteiger charge is -2.05. The van der Waals surface area contributed by atoms with Gasteiger partial charge in [-0.2, -0.15) is 0 Å². The van der Waals surface area contributed by atoms with Gasteiger partial charge in [-0.1, -0.05) is 12.1 Å². The third-order valence-corrected chi connectivity index (χ3v) is 2.00. The molecule has 1 aromatic heterocycles. The predicted molar refractivity (Wildman–Crippen MR) is 59.6 cm³/mol. The molecule has 15 heavy (non-hydrogen) atoms. The molecule has 0 radical (unpaired) electrons. The molecule has 2 aromatic rings. The average molecular weight is 200 g/mol. The summed E-state index contributed by atoms with van der Waals surface area (Å²) < 4.78 is 0. The van der Waals surface area contributed by atoms with Gasteiger partial charge in [0.25, 0.3) is 0 Å². The zero-order valence-electron chi connectivity index (χ0n) is 8.22. The number of rotatable bonds is 3. The Balaban J connectivity index is 2.17. The molecule has 0 atom stereocenters. The van der Waals surface area contributed by atoms with Crippen molar-refractivity contribution in [1.82, 2.24) is 9.97 Å². The van der Waals surface area contributed by atoms with Crippen molar-refractivity contribution in [3.05, 3.63) is 48.4 Å². The molecule has 0 fully saturated rings. The minimum atomic E-state index is 0.538. The molecule has 1 heterocycles. The largest absolute Gasteiger partial charge is 0.339 e. The number of hydrogen-bond donors (Lipinski definition) is 2. The molecule has 2 rings (SSSR count). The van der Waals surface area contributed by atoms with E-state index in [1.165, 1.54) is 0 Å². The van der Waals surface area contributed by atoms with Gasteiger partial charge < -0.3 is 11.1 Å². The van der Waals surface area contributed by atoms with Crippen LogP contribution in [0.4, 0.5) is 11.5 Å². The SMILES string of the molecule is NCc1cccc(Nc2cnccn2)c1. The lowest BCUT2D eigenvalue weighted by molar-refractivity contribution is 1.07. The lowest BCUT2D eigenvalue weighted by Crippen LogP contribution is -1.98. The van der Waals surface area contributed by atoms with Crippen LogP contribution in [-0.2, 0) is 6.54 Å². The molecule has 0 amide bonds. The van der Waals surface area contributed by atoms with Gasteiger partial charge in [0.1, 0.15) is 5.82 Å². The zero-order valence-corrected chi connectivity index (χ0v) is 8.22. The zero-order chi connectivity index (χ0) is 10.5. The first-order valence-corrected chi connectivity index (χ1v) is 4.70. The van der Waals surface area contributed by atoms with Crippen LogP contribution >= 0.6 is 0 Å². The lowest BCUT2D eigenvalue weighted by atomic mass is 10.2. The van der Waals surface area contributed by atoms with Gasteiger partial charge in [-0.05, 0) is 17.7 Å². The summed E-state index contributed by atoms with van der Waals surface area (Å²) in [6.45, 7) is 0.538. The van der Waals surface area contributed by atoms with Gasteiger partial charge in [-0.15, -0.1) is 0 Å². The summed E-state index contributed by atoms with van der Waals surface area (Å²) in [7, 11) is 0. The van der Waals surface area contributed by atoms with Gasteiger partial charge >= 0.3 is 0 Å². The monoisotopic (exact) mass is 200 g/mol. The van der Waals surface area contributed by atoms with Gasteiger partial charge in [0, 0.05) is 24.6 Å². The maximum Gasteiger partial charge on any atom is 0.148 e. The standard InChI is InChI=1S/C11H12N4/c12-7-9-2-1-3-10(6-9)15-11-8-13-4-5-14-11/h1-6,8H,7,12H2,(H,14,15). The van der Waals surface area contributed by atoms with E-state index in [1.807, 2.05) is 24.3 Å². The second kappa shape index (κ2) is 4.52. The topological polar surface area (TPSA) is 63.8 Å².